The number of rotatable bonds is 7. The number of hydrogen-bond acceptors (Lipinski definition) is 7. The first-order valence-corrected chi connectivity index (χ1v) is 15.0. The van der Waals surface area contributed by atoms with Gasteiger partial charge in [0.2, 0.25) is 0 Å². The van der Waals surface area contributed by atoms with Gasteiger partial charge in [-0.15, -0.1) is 0 Å². The Hall–Kier alpha value is -3.90. The van der Waals surface area contributed by atoms with Gasteiger partial charge in [-0.3, -0.25) is 4.98 Å². The minimum atomic E-state index is -3.32. The van der Waals surface area contributed by atoms with E-state index in [9.17, 15) is 13.2 Å². The monoisotopic (exact) mass is 545 g/mol. The van der Waals surface area contributed by atoms with E-state index in [0.29, 0.717) is 18.8 Å². The molecule has 0 saturated carbocycles. The van der Waals surface area contributed by atoms with Crippen LogP contribution in [0.15, 0.2) is 66.9 Å². The fourth-order valence-electron chi connectivity index (χ4n) is 5.23. The van der Waals surface area contributed by atoms with Gasteiger partial charge >= 0.3 is 6.09 Å². The Morgan fingerprint density at radius 3 is 2.51 bits per heavy atom. The number of ether oxygens (including phenoxy) is 2. The third-order valence-corrected chi connectivity index (χ3v) is 8.89. The van der Waals surface area contributed by atoms with Crippen molar-refractivity contribution in [3.05, 3.63) is 83.7 Å². The van der Waals surface area contributed by atoms with Gasteiger partial charge in [0.1, 0.15) is 18.0 Å². The number of benzene rings is 2. The van der Waals surface area contributed by atoms with Crippen molar-refractivity contribution in [2.24, 2.45) is 0 Å². The molecule has 3 heterocycles. The maximum absolute atomic E-state index is 12.6. The Labute approximate surface area is 229 Å². The first kappa shape index (κ1) is 26.7. The second kappa shape index (κ2) is 11.5. The third kappa shape index (κ3) is 6.58. The molecule has 202 valence electrons. The van der Waals surface area contributed by atoms with Crippen LogP contribution in [-0.4, -0.2) is 49.7 Å². The molecule has 2 aromatic carbocycles. The van der Waals surface area contributed by atoms with E-state index < -0.39 is 9.84 Å². The van der Waals surface area contributed by atoms with Crippen LogP contribution in [-0.2, 0) is 32.5 Å². The van der Waals surface area contributed by atoms with Crippen LogP contribution in [0.4, 0.5) is 4.79 Å². The summed E-state index contributed by atoms with van der Waals surface area (Å²) in [4.78, 5) is 18.0. The standard InChI is InChI=1S/C30H31N3O5S/c31-15-3-19-37-29(34)33-17-13-30(14-18-33)12-11-26-20-25(9-10-28(26)38-30)24-7-5-23(6-8-24)21-39(35,36)22-27-4-1-2-16-32-27/h1-2,4-10,16,20H,3,11-14,17-19,21-22H2. The number of carbonyl (C=O) groups excluding carboxylic acids is 1. The molecule has 2 aliphatic heterocycles. The van der Waals surface area contributed by atoms with Crippen LogP contribution in [0, 0.1) is 11.3 Å². The summed E-state index contributed by atoms with van der Waals surface area (Å²) in [5.41, 5.74) is 4.25. The van der Waals surface area contributed by atoms with E-state index in [1.165, 1.54) is 0 Å². The number of sulfone groups is 1. The lowest BCUT2D eigenvalue weighted by Crippen LogP contribution is -2.51. The Morgan fingerprint density at radius 1 is 1.03 bits per heavy atom. The van der Waals surface area contributed by atoms with Crippen molar-refractivity contribution < 1.29 is 22.7 Å². The maximum Gasteiger partial charge on any atom is 0.409 e. The van der Waals surface area contributed by atoms with Crippen molar-refractivity contribution >= 4 is 15.9 Å². The van der Waals surface area contributed by atoms with Crippen LogP contribution in [0.5, 0.6) is 5.75 Å². The zero-order valence-corrected chi connectivity index (χ0v) is 22.5. The topological polar surface area (TPSA) is 110 Å². The van der Waals surface area contributed by atoms with Gasteiger partial charge in [-0.1, -0.05) is 36.4 Å². The van der Waals surface area contributed by atoms with Gasteiger partial charge in [-0.2, -0.15) is 5.26 Å². The summed E-state index contributed by atoms with van der Waals surface area (Å²) in [6.07, 6.45) is 4.69. The zero-order chi connectivity index (χ0) is 27.3. The molecular formula is C30H31N3O5S. The van der Waals surface area contributed by atoms with Gasteiger partial charge in [0.05, 0.1) is 29.7 Å². The average Bonchev–Trinajstić information content (AvgIpc) is 2.94. The highest BCUT2D eigenvalue weighted by atomic mass is 32.2. The van der Waals surface area contributed by atoms with Crippen LogP contribution >= 0.6 is 0 Å². The summed E-state index contributed by atoms with van der Waals surface area (Å²) >= 11 is 0. The molecule has 0 N–H and O–H groups in total. The highest BCUT2D eigenvalue weighted by Crippen LogP contribution is 2.41. The van der Waals surface area contributed by atoms with E-state index in [0.717, 1.165) is 53.7 Å². The molecule has 0 unspecified atom stereocenters. The van der Waals surface area contributed by atoms with Crippen LogP contribution < -0.4 is 4.74 Å². The second-order valence-electron chi connectivity index (χ2n) is 10.2. The molecule has 5 rings (SSSR count). The number of nitriles is 1. The smallest absolute Gasteiger partial charge is 0.409 e. The number of aromatic nitrogens is 1. The fraction of sp³-hybridized carbons (Fsp3) is 0.367. The number of nitrogens with zero attached hydrogens (tertiary/aromatic N) is 3. The number of aryl methyl sites for hydroxylation is 1. The van der Waals surface area contributed by atoms with E-state index in [1.807, 2.05) is 42.5 Å². The Bertz CT molecular complexity index is 1460. The van der Waals surface area contributed by atoms with Crippen LogP contribution in [0.2, 0.25) is 0 Å². The lowest BCUT2D eigenvalue weighted by molar-refractivity contribution is -0.0141. The normalized spacial score (nSPS) is 16.1. The summed E-state index contributed by atoms with van der Waals surface area (Å²) in [5, 5.41) is 8.61. The van der Waals surface area contributed by atoms with Crippen molar-refractivity contribution in [2.45, 2.75) is 49.2 Å². The van der Waals surface area contributed by atoms with Crippen LogP contribution in [0.1, 0.15) is 42.5 Å². The maximum atomic E-state index is 12.6. The molecule has 39 heavy (non-hydrogen) atoms. The molecule has 0 atom stereocenters. The van der Waals surface area contributed by atoms with Gasteiger partial charge in [0.25, 0.3) is 0 Å². The summed E-state index contributed by atoms with van der Waals surface area (Å²) < 4.78 is 36.9. The predicted molar refractivity (Wildman–Crippen MR) is 147 cm³/mol. The number of carbonyl (C=O) groups is 1. The van der Waals surface area contributed by atoms with E-state index in [2.05, 4.69) is 11.1 Å². The van der Waals surface area contributed by atoms with Gasteiger partial charge < -0.3 is 14.4 Å². The molecule has 1 spiro atoms. The summed E-state index contributed by atoms with van der Waals surface area (Å²) in [5.74, 6) is 0.776. The van der Waals surface area contributed by atoms with Gasteiger partial charge in [-0.25, -0.2) is 13.2 Å². The van der Waals surface area contributed by atoms with E-state index in [1.54, 1.807) is 29.3 Å². The molecule has 0 aliphatic carbocycles. The first-order chi connectivity index (χ1) is 18.8. The van der Waals surface area contributed by atoms with Crippen LogP contribution in [0.3, 0.4) is 0 Å². The predicted octanol–water partition coefficient (Wildman–Crippen LogP) is 5.07. The van der Waals surface area contributed by atoms with Crippen molar-refractivity contribution in [1.82, 2.24) is 9.88 Å². The molecule has 0 radical (unpaired) electrons. The Kier molecular flexibility index (Phi) is 7.84. The summed E-state index contributed by atoms with van der Waals surface area (Å²) in [6, 6.07) is 21.1. The van der Waals surface area contributed by atoms with E-state index >= 15 is 0 Å². The lowest BCUT2D eigenvalue weighted by Gasteiger charge is -2.44. The van der Waals surface area contributed by atoms with Crippen molar-refractivity contribution in [3.63, 3.8) is 0 Å². The van der Waals surface area contributed by atoms with Gasteiger partial charge in [0.15, 0.2) is 9.84 Å². The number of amides is 1. The Balaban J connectivity index is 1.19. The minimum absolute atomic E-state index is 0.0288. The fourth-order valence-corrected chi connectivity index (χ4v) is 6.66. The highest BCUT2D eigenvalue weighted by molar-refractivity contribution is 7.89. The number of fused-ring (bicyclic) bond motifs is 1. The molecule has 1 saturated heterocycles. The summed E-state index contributed by atoms with van der Waals surface area (Å²) in [6.45, 7) is 1.27. The average molecular weight is 546 g/mol. The largest absolute Gasteiger partial charge is 0.487 e. The molecule has 1 fully saturated rings. The number of likely N-dealkylation sites (tertiary alicyclic amines) is 1. The molecule has 1 aromatic heterocycles. The van der Waals surface area contributed by atoms with Gasteiger partial charge in [-0.05, 0) is 59.4 Å². The van der Waals surface area contributed by atoms with Crippen LogP contribution in [0.25, 0.3) is 11.1 Å². The lowest BCUT2D eigenvalue weighted by atomic mass is 9.82. The number of piperidine rings is 1. The third-order valence-electron chi connectivity index (χ3n) is 7.38. The molecule has 8 nitrogen and oxygen atoms in total. The highest BCUT2D eigenvalue weighted by Gasteiger charge is 2.40. The molecule has 2 aliphatic rings. The van der Waals surface area contributed by atoms with Crippen molar-refractivity contribution in [3.8, 4) is 22.9 Å². The quantitative estimate of drug-likeness (QED) is 0.381. The molecule has 3 aromatic rings. The molecule has 9 heteroatoms. The zero-order valence-electron chi connectivity index (χ0n) is 21.7. The first-order valence-electron chi connectivity index (χ1n) is 13.2. The van der Waals surface area contributed by atoms with Gasteiger partial charge in [0, 0.05) is 32.1 Å². The SMILES string of the molecule is N#CCCOC(=O)N1CCC2(CCc3cc(-c4ccc(CS(=O)(=O)Cc5ccccn5)cc4)ccc3O2)CC1. The molecular weight excluding hydrogens is 514 g/mol. The second-order valence-corrected chi connectivity index (χ2v) is 12.2. The van der Waals surface area contributed by atoms with E-state index in [-0.39, 0.29) is 36.2 Å². The number of hydrogen-bond donors (Lipinski definition) is 0. The molecule has 0 bridgehead atoms. The number of pyridine rings is 1. The Morgan fingerprint density at radius 2 is 1.79 bits per heavy atom. The summed E-state index contributed by atoms with van der Waals surface area (Å²) in [7, 11) is -3.32. The molecule has 1 amide bonds. The van der Waals surface area contributed by atoms with Crippen molar-refractivity contribution in [2.75, 3.05) is 19.7 Å². The minimum Gasteiger partial charge on any atom is -0.487 e. The van der Waals surface area contributed by atoms with E-state index in [4.69, 9.17) is 14.7 Å². The van der Waals surface area contributed by atoms with Crippen molar-refractivity contribution in [1.29, 1.82) is 5.26 Å².